The van der Waals surface area contributed by atoms with Gasteiger partial charge in [-0.15, -0.1) is 11.3 Å². The Morgan fingerprint density at radius 3 is 3.09 bits per heavy atom. The van der Waals surface area contributed by atoms with Crippen LogP contribution in [-0.4, -0.2) is 42.5 Å². The number of hydrogen-bond donors (Lipinski definition) is 1. The molecule has 1 N–H and O–H groups in total. The molecule has 3 rings (SSSR count). The minimum atomic E-state index is 0.104. The molecule has 0 spiro atoms. The molecule has 0 radical (unpaired) electrons. The average Bonchev–Trinajstić information content (AvgIpc) is 3.14. The molecule has 1 aliphatic rings. The molecule has 122 valence electrons. The highest BCUT2D eigenvalue weighted by Gasteiger charge is 2.29. The lowest BCUT2D eigenvalue weighted by Crippen LogP contribution is -2.30. The molecule has 6 heteroatoms. The van der Waals surface area contributed by atoms with Gasteiger partial charge in [0.15, 0.2) is 0 Å². The topological polar surface area (TPSA) is 45.2 Å². The fourth-order valence-corrected chi connectivity index (χ4v) is 4.18. The summed E-state index contributed by atoms with van der Waals surface area (Å²) in [6.07, 6.45) is 1.06. The van der Waals surface area contributed by atoms with Crippen molar-refractivity contribution >= 4 is 28.8 Å². The SMILES string of the molecule is CNC[C@@H]1CCN(C(=O)c2sc(-c3cccc(Cl)c3)nc2C)C1. The second-order valence-electron chi connectivity index (χ2n) is 5.91. The molecular weight excluding hydrogens is 330 g/mol. The number of aromatic nitrogens is 1. The van der Waals surface area contributed by atoms with Gasteiger partial charge in [0, 0.05) is 23.7 Å². The quantitative estimate of drug-likeness (QED) is 0.919. The number of halogens is 1. The Bertz CT molecular complexity index is 716. The maximum Gasteiger partial charge on any atom is 0.265 e. The Morgan fingerprint density at radius 1 is 1.52 bits per heavy atom. The minimum Gasteiger partial charge on any atom is -0.338 e. The first-order valence-electron chi connectivity index (χ1n) is 7.75. The van der Waals surface area contributed by atoms with Gasteiger partial charge in [-0.05, 0) is 45.0 Å². The lowest BCUT2D eigenvalue weighted by atomic mass is 10.1. The third kappa shape index (κ3) is 3.57. The Labute approximate surface area is 145 Å². The standard InChI is InChI=1S/C17H20ClN3OS/c1-11-15(17(22)21-7-6-12(10-21)9-19-2)23-16(20-11)13-4-3-5-14(18)8-13/h3-5,8,12,19H,6-7,9-10H2,1-2H3/t12-/m0/s1. The molecule has 1 atom stereocenters. The lowest BCUT2D eigenvalue weighted by molar-refractivity contribution is 0.0791. The molecular formula is C17H20ClN3OS. The van der Waals surface area contributed by atoms with E-state index < -0.39 is 0 Å². The maximum absolute atomic E-state index is 12.8. The summed E-state index contributed by atoms with van der Waals surface area (Å²) < 4.78 is 0. The number of carbonyl (C=O) groups is 1. The summed E-state index contributed by atoms with van der Waals surface area (Å²) in [4.78, 5) is 20.0. The zero-order valence-corrected chi connectivity index (χ0v) is 14.9. The van der Waals surface area contributed by atoms with Gasteiger partial charge in [0.1, 0.15) is 9.88 Å². The van der Waals surface area contributed by atoms with Gasteiger partial charge < -0.3 is 10.2 Å². The number of benzene rings is 1. The highest BCUT2D eigenvalue weighted by Crippen LogP contribution is 2.31. The van der Waals surface area contributed by atoms with Crippen molar-refractivity contribution in [2.75, 3.05) is 26.7 Å². The van der Waals surface area contributed by atoms with Crippen LogP contribution in [0.15, 0.2) is 24.3 Å². The summed E-state index contributed by atoms with van der Waals surface area (Å²) in [5.41, 5.74) is 1.76. The van der Waals surface area contributed by atoms with E-state index in [-0.39, 0.29) is 5.91 Å². The van der Waals surface area contributed by atoms with Gasteiger partial charge in [0.25, 0.3) is 5.91 Å². The average molecular weight is 350 g/mol. The predicted molar refractivity (Wildman–Crippen MR) is 95.2 cm³/mol. The molecule has 1 fully saturated rings. The molecule has 0 unspecified atom stereocenters. The number of aryl methyl sites for hydroxylation is 1. The largest absolute Gasteiger partial charge is 0.338 e. The first-order valence-corrected chi connectivity index (χ1v) is 8.95. The summed E-state index contributed by atoms with van der Waals surface area (Å²) in [6.45, 7) is 4.51. The summed E-state index contributed by atoms with van der Waals surface area (Å²) in [6, 6.07) is 7.59. The molecule has 0 aliphatic carbocycles. The first kappa shape index (κ1) is 16.4. The maximum atomic E-state index is 12.8. The van der Waals surface area contributed by atoms with Gasteiger partial charge in [0.05, 0.1) is 5.69 Å². The van der Waals surface area contributed by atoms with Crippen LogP contribution in [0.4, 0.5) is 0 Å². The van der Waals surface area contributed by atoms with Crippen LogP contribution in [0, 0.1) is 12.8 Å². The van der Waals surface area contributed by atoms with Crippen LogP contribution in [0.2, 0.25) is 5.02 Å². The Hall–Kier alpha value is -1.43. The molecule has 1 amide bonds. The zero-order valence-electron chi connectivity index (χ0n) is 13.3. The van der Waals surface area contributed by atoms with Crippen LogP contribution in [0.25, 0.3) is 10.6 Å². The van der Waals surface area contributed by atoms with Gasteiger partial charge in [-0.1, -0.05) is 23.7 Å². The van der Waals surface area contributed by atoms with Crippen molar-refractivity contribution in [1.29, 1.82) is 0 Å². The third-order valence-electron chi connectivity index (χ3n) is 4.13. The Balaban J connectivity index is 1.80. The van der Waals surface area contributed by atoms with E-state index in [1.165, 1.54) is 11.3 Å². The van der Waals surface area contributed by atoms with E-state index in [1.807, 2.05) is 43.1 Å². The second kappa shape index (κ2) is 6.99. The van der Waals surface area contributed by atoms with Gasteiger partial charge in [0.2, 0.25) is 0 Å². The van der Waals surface area contributed by atoms with Crippen molar-refractivity contribution < 1.29 is 4.79 Å². The van der Waals surface area contributed by atoms with E-state index in [1.54, 1.807) is 0 Å². The van der Waals surface area contributed by atoms with Crippen molar-refractivity contribution in [1.82, 2.24) is 15.2 Å². The number of hydrogen-bond acceptors (Lipinski definition) is 4. The van der Waals surface area contributed by atoms with Crippen LogP contribution in [0.5, 0.6) is 0 Å². The number of nitrogens with zero attached hydrogens (tertiary/aromatic N) is 2. The van der Waals surface area contributed by atoms with Crippen LogP contribution < -0.4 is 5.32 Å². The highest BCUT2D eigenvalue weighted by molar-refractivity contribution is 7.17. The molecule has 0 saturated carbocycles. The normalized spacial score (nSPS) is 17.7. The van der Waals surface area contributed by atoms with Crippen molar-refractivity contribution in [3.05, 3.63) is 39.9 Å². The van der Waals surface area contributed by atoms with Crippen molar-refractivity contribution in [3.8, 4) is 10.6 Å². The first-order chi connectivity index (χ1) is 11.1. The van der Waals surface area contributed by atoms with Gasteiger partial charge >= 0.3 is 0 Å². The summed E-state index contributed by atoms with van der Waals surface area (Å²) >= 11 is 7.50. The second-order valence-corrected chi connectivity index (χ2v) is 7.34. The van der Waals surface area contributed by atoms with Gasteiger partial charge in [-0.2, -0.15) is 0 Å². The summed E-state index contributed by atoms with van der Waals surface area (Å²) in [7, 11) is 1.95. The number of amides is 1. The Kier molecular flexibility index (Phi) is 4.99. The molecule has 0 bridgehead atoms. The summed E-state index contributed by atoms with van der Waals surface area (Å²) in [5, 5.41) is 4.72. The lowest BCUT2D eigenvalue weighted by Gasteiger charge is -2.15. The fraction of sp³-hybridized carbons (Fsp3) is 0.412. The zero-order chi connectivity index (χ0) is 16.4. The predicted octanol–water partition coefficient (Wildman–Crippen LogP) is 3.45. The molecule has 4 nitrogen and oxygen atoms in total. The summed E-state index contributed by atoms with van der Waals surface area (Å²) in [5.74, 6) is 0.649. The monoisotopic (exact) mass is 349 g/mol. The third-order valence-corrected chi connectivity index (χ3v) is 5.56. The van der Waals surface area contributed by atoms with Gasteiger partial charge in [-0.25, -0.2) is 4.98 Å². The van der Waals surface area contributed by atoms with Crippen molar-refractivity contribution in [2.45, 2.75) is 13.3 Å². The highest BCUT2D eigenvalue weighted by atomic mass is 35.5. The number of thiazole rings is 1. The minimum absolute atomic E-state index is 0.104. The molecule has 1 aromatic carbocycles. The molecule has 1 saturated heterocycles. The number of carbonyl (C=O) groups excluding carboxylic acids is 1. The number of likely N-dealkylation sites (tertiary alicyclic amines) is 1. The smallest absolute Gasteiger partial charge is 0.265 e. The molecule has 2 aromatic rings. The van der Waals surface area contributed by atoms with E-state index in [4.69, 9.17) is 11.6 Å². The van der Waals surface area contributed by atoms with Crippen molar-refractivity contribution in [3.63, 3.8) is 0 Å². The van der Waals surface area contributed by atoms with Crippen molar-refractivity contribution in [2.24, 2.45) is 5.92 Å². The molecule has 1 aromatic heterocycles. The van der Waals surface area contributed by atoms with E-state index in [9.17, 15) is 4.79 Å². The van der Waals surface area contributed by atoms with Crippen LogP contribution in [0.1, 0.15) is 21.8 Å². The number of rotatable bonds is 4. The molecule has 23 heavy (non-hydrogen) atoms. The van der Waals surface area contributed by atoms with Crippen LogP contribution >= 0.6 is 22.9 Å². The van der Waals surface area contributed by atoms with Gasteiger partial charge in [-0.3, -0.25) is 4.79 Å². The van der Waals surface area contributed by atoms with E-state index in [0.717, 1.165) is 47.2 Å². The molecule has 2 heterocycles. The van der Waals surface area contributed by atoms with E-state index in [2.05, 4.69) is 10.3 Å². The van der Waals surface area contributed by atoms with Crippen LogP contribution in [0.3, 0.4) is 0 Å². The molecule has 1 aliphatic heterocycles. The van der Waals surface area contributed by atoms with E-state index >= 15 is 0 Å². The van der Waals surface area contributed by atoms with E-state index in [0.29, 0.717) is 10.9 Å². The number of nitrogens with one attached hydrogen (secondary N) is 1. The Morgan fingerprint density at radius 2 is 2.35 bits per heavy atom. The fourth-order valence-electron chi connectivity index (χ4n) is 2.96. The van der Waals surface area contributed by atoms with Crippen LogP contribution in [-0.2, 0) is 0 Å².